The molecule has 3 N–H and O–H groups in total. The van der Waals surface area contributed by atoms with Crippen molar-refractivity contribution in [3.8, 4) is 17.6 Å². The lowest BCUT2D eigenvalue weighted by Gasteiger charge is -2.37. The van der Waals surface area contributed by atoms with Gasteiger partial charge in [-0.05, 0) is 36.8 Å². The van der Waals surface area contributed by atoms with Gasteiger partial charge in [0, 0.05) is 26.2 Å². The molecule has 3 heterocycles. The van der Waals surface area contributed by atoms with Crippen LogP contribution in [0.15, 0.2) is 48.7 Å². The third-order valence-electron chi connectivity index (χ3n) is 5.62. The van der Waals surface area contributed by atoms with E-state index in [1.54, 1.807) is 6.20 Å². The zero-order chi connectivity index (χ0) is 21.4. The predicted octanol–water partition coefficient (Wildman–Crippen LogP) is 3.11. The molecular formula is C23H22N8. The molecule has 8 heteroatoms. The van der Waals surface area contributed by atoms with Gasteiger partial charge in [-0.2, -0.15) is 5.26 Å². The summed E-state index contributed by atoms with van der Waals surface area (Å²) in [7, 11) is 0. The first-order valence-corrected chi connectivity index (χ1v) is 10.2. The van der Waals surface area contributed by atoms with Gasteiger partial charge in [-0.1, -0.05) is 18.2 Å². The maximum Gasteiger partial charge on any atom is 0.161 e. The average Bonchev–Trinajstić information content (AvgIpc) is 3.22. The van der Waals surface area contributed by atoms with Crippen LogP contribution in [0.2, 0.25) is 0 Å². The van der Waals surface area contributed by atoms with Gasteiger partial charge in [0.1, 0.15) is 11.9 Å². The van der Waals surface area contributed by atoms with E-state index in [2.05, 4.69) is 36.9 Å². The number of anilines is 3. The number of nitrogen functional groups attached to an aromatic ring is 1. The van der Waals surface area contributed by atoms with Crippen LogP contribution in [0.5, 0.6) is 0 Å². The largest absolute Gasteiger partial charge is 0.382 e. The first kappa shape index (κ1) is 18.9. The van der Waals surface area contributed by atoms with Crippen LogP contribution < -0.4 is 15.5 Å². The lowest BCUT2D eigenvalue weighted by atomic mass is 10.1. The van der Waals surface area contributed by atoms with Crippen LogP contribution in [-0.4, -0.2) is 46.1 Å². The van der Waals surface area contributed by atoms with E-state index in [-0.39, 0.29) is 0 Å². The van der Waals surface area contributed by atoms with Crippen molar-refractivity contribution in [2.24, 2.45) is 0 Å². The maximum atomic E-state index is 9.39. The van der Waals surface area contributed by atoms with Gasteiger partial charge in [0.2, 0.25) is 0 Å². The van der Waals surface area contributed by atoms with Gasteiger partial charge in [0.15, 0.2) is 17.3 Å². The Morgan fingerprint density at radius 2 is 1.81 bits per heavy atom. The molecule has 0 radical (unpaired) electrons. The summed E-state index contributed by atoms with van der Waals surface area (Å²) in [6.07, 6.45) is 1.71. The summed E-state index contributed by atoms with van der Waals surface area (Å²) in [6.45, 7) is 5.19. The van der Waals surface area contributed by atoms with Gasteiger partial charge in [-0.15, -0.1) is 0 Å². The molecule has 1 aliphatic rings. The number of benzene rings is 2. The maximum absolute atomic E-state index is 9.39. The highest BCUT2D eigenvalue weighted by molar-refractivity contribution is 5.81. The summed E-state index contributed by atoms with van der Waals surface area (Å²) < 4.78 is 0. The normalized spacial score (nSPS) is 14.1. The van der Waals surface area contributed by atoms with Crippen molar-refractivity contribution in [3.63, 3.8) is 0 Å². The fraction of sp³-hybridized carbons (Fsp3) is 0.217. The number of hydrogen-bond donors (Lipinski definition) is 2. The minimum absolute atomic E-state index is 0.348. The Morgan fingerprint density at radius 3 is 2.61 bits per heavy atom. The van der Waals surface area contributed by atoms with Crippen molar-refractivity contribution in [1.82, 2.24) is 19.9 Å². The number of H-pyrrole nitrogens is 1. The highest BCUT2D eigenvalue weighted by atomic mass is 15.3. The number of aryl methyl sites for hydroxylation is 1. The zero-order valence-corrected chi connectivity index (χ0v) is 17.2. The number of piperazine rings is 1. The van der Waals surface area contributed by atoms with Crippen LogP contribution >= 0.6 is 0 Å². The van der Waals surface area contributed by atoms with Crippen LogP contribution in [0.3, 0.4) is 0 Å². The number of para-hydroxylation sites is 1. The Balaban J connectivity index is 1.39. The van der Waals surface area contributed by atoms with E-state index in [1.165, 1.54) is 0 Å². The Hall–Kier alpha value is -4.12. The van der Waals surface area contributed by atoms with Crippen molar-refractivity contribution in [1.29, 1.82) is 5.26 Å². The SMILES string of the molecule is Cc1ccc2nc(-c3nc(N4CCN(c5ccccc5C#N)CC4)cnc3N)[nH]c2c1. The number of aromatic nitrogens is 4. The minimum atomic E-state index is 0.348. The molecule has 0 atom stereocenters. The van der Waals surface area contributed by atoms with Crippen LogP contribution in [-0.2, 0) is 0 Å². The number of nitrogens with zero attached hydrogens (tertiary/aromatic N) is 6. The summed E-state index contributed by atoms with van der Waals surface area (Å²) in [5, 5.41) is 9.39. The number of nitriles is 1. The predicted molar refractivity (Wildman–Crippen MR) is 122 cm³/mol. The molecule has 5 rings (SSSR count). The first-order chi connectivity index (χ1) is 15.1. The molecule has 2 aromatic heterocycles. The molecule has 4 aromatic rings. The van der Waals surface area contributed by atoms with Gasteiger partial charge < -0.3 is 20.5 Å². The van der Waals surface area contributed by atoms with E-state index in [9.17, 15) is 5.26 Å². The third-order valence-corrected chi connectivity index (χ3v) is 5.62. The second-order valence-corrected chi connectivity index (χ2v) is 7.67. The fourth-order valence-electron chi connectivity index (χ4n) is 3.97. The van der Waals surface area contributed by atoms with E-state index in [4.69, 9.17) is 10.7 Å². The molecule has 154 valence electrons. The van der Waals surface area contributed by atoms with Crippen molar-refractivity contribution in [2.45, 2.75) is 6.92 Å². The van der Waals surface area contributed by atoms with Gasteiger partial charge >= 0.3 is 0 Å². The molecule has 2 aromatic carbocycles. The smallest absolute Gasteiger partial charge is 0.161 e. The Labute approximate surface area is 180 Å². The number of rotatable bonds is 3. The second-order valence-electron chi connectivity index (χ2n) is 7.67. The molecule has 0 spiro atoms. The summed E-state index contributed by atoms with van der Waals surface area (Å²) in [5.41, 5.74) is 11.4. The van der Waals surface area contributed by atoms with Crippen molar-refractivity contribution >= 4 is 28.4 Å². The number of fused-ring (bicyclic) bond motifs is 1. The monoisotopic (exact) mass is 410 g/mol. The number of nitrogens with one attached hydrogen (secondary N) is 1. The lowest BCUT2D eigenvalue weighted by molar-refractivity contribution is 0.646. The van der Waals surface area contributed by atoms with E-state index in [0.29, 0.717) is 22.9 Å². The number of aromatic amines is 1. The van der Waals surface area contributed by atoms with E-state index >= 15 is 0 Å². The standard InChI is InChI=1S/C23H22N8/c1-15-6-7-17-18(12-15)28-23(27-17)21-22(25)26-14-20(29-21)31-10-8-30(9-11-31)19-5-3-2-4-16(19)13-24/h2-7,12,14H,8-11H2,1H3,(H2,25,26)(H,27,28). The van der Waals surface area contributed by atoms with Crippen LogP contribution in [0.1, 0.15) is 11.1 Å². The molecule has 0 bridgehead atoms. The molecule has 31 heavy (non-hydrogen) atoms. The number of imidazole rings is 1. The van der Waals surface area contributed by atoms with E-state index in [0.717, 1.165) is 54.3 Å². The lowest BCUT2D eigenvalue weighted by Crippen LogP contribution is -2.47. The highest BCUT2D eigenvalue weighted by Crippen LogP contribution is 2.27. The topological polar surface area (TPSA) is 111 Å². The fourth-order valence-corrected chi connectivity index (χ4v) is 3.97. The average molecular weight is 410 g/mol. The quantitative estimate of drug-likeness (QED) is 0.534. The van der Waals surface area contributed by atoms with E-state index < -0.39 is 0 Å². The van der Waals surface area contributed by atoms with Crippen LogP contribution in [0, 0.1) is 18.3 Å². The summed E-state index contributed by atoms with van der Waals surface area (Å²) in [6, 6.07) is 16.1. The van der Waals surface area contributed by atoms with Crippen molar-refractivity contribution in [2.75, 3.05) is 41.7 Å². The second kappa shape index (κ2) is 7.61. The van der Waals surface area contributed by atoms with Crippen molar-refractivity contribution < 1.29 is 0 Å². The molecule has 0 amide bonds. The van der Waals surface area contributed by atoms with Crippen LogP contribution in [0.25, 0.3) is 22.6 Å². The summed E-state index contributed by atoms with van der Waals surface area (Å²) in [5.74, 6) is 1.74. The van der Waals surface area contributed by atoms with Gasteiger partial charge in [-0.25, -0.2) is 15.0 Å². The Bertz CT molecular complexity index is 1290. The molecule has 0 saturated carbocycles. The highest BCUT2D eigenvalue weighted by Gasteiger charge is 2.22. The van der Waals surface area contributed by atoms with Gasteiger partial charge in [0.25, 0.3) is 0 Å². The molecule has 0 aliphatic carbocycles. The summed E-state index contributed by atoms with van der Waals surface area (Å²) >= 11 is 0. The molecule has 0 unspecified atom stereocenters. The summed E-state index contributed by atoms with van der Waals surface area (Å²) in [4.78, 5) is 21.6. The van der Waals surface area contributed by atoms with E-state index in [1.807, 2.05) is 43.3 Å². The third kappa shape index (κ3) is 3.51. The number of hydrogen-bond acceptors (Lipinski definition) is 7. The Kier molecular flexibility index (Phi) is 4.64. The molecule has 8 nitrogen and oxygen atoms in total. The first-order valence-electron chi connectivity index (χ1n) is 10.2. The molecule has 1 aliphatic heterocycles. The minimum Gasteiger partial charge on any atom is -0.382 e. The van der Waals surface area contributed by atoms with Gasteiger partial charge in [0.05, 0.1) is 28.5 Å². The van der Waals surface area contributed by atoms with Gasteiger partial charge in [-0.3, -0.25) is 0 Å². The zero-order valence-electron chi connectivity index (χ0n) is 17.2. The molecule has 1 fully saturated rings. The molecule has 1 saturated heterocycles. The molecular weight excluding hydrogens is 388 g/mol. The Morgan fingerprint density at radius 1 is 1.03 bits per heavy atom. The van der Waals surface area contributed by atoms with Crippen molar-refractivity contribution in [3.05, 3.63) is 59.8 Å². The number of nitrogens with two attached hydrogens (primary N) is 1. The van der Waals surface area contributed by atoms with Crippen LogP contribution in [0.4, 0.5) is 17.3 Å².